The maximum Gasteiger partial charge on any atom is 0.0541 e. The molecule has 0 unspecified atom stereocenters. The second-order valence-electron chi connectivity index (χ2n) is 4.88. The number of hydrogen-bond acceptors (Lipinski definition) is 2. The van der Waals surface area contributed by atoms with Gasteiger partial charge < -0.3 is 0 Å². The van der Waals surface area contributed by atoms with Crippen molar-refractivity contribution >= 4 is 46.7 Å². The second-order valence-corrected chi connectivity index (χ2v) is 7.86. The summed E-state index contributed by atoms with van der Waals surface area (Å²) in [6.45, 7) is 0. The molecule has 0 saturated heterocycles. The predicted octanol–water partition coefficient (Wildman–Crippen LogP) is 7.44. The van der Waals surface area contributed by atoms with Gasteiger partial charge in [0.2, 0.25) is 0 Å². The number of hydrogen-bond donors (Lipinski definition) is 0. The first-order chi connectivity index (χ1) is 11.2. The average molecular weight is 377 g/mol. The van der Waals surface area contributed by atoms with Gasteiger partial charge in [-0.05, 0) is 48.0 Å². The van der Waals surface area contributed by atoms with Crippen molar-refractivity contribution in [1.82, 2.24) is 0 Å². The van der Waals surface area contributed by atoms with Crippen molar-refractivity contribution in [2.24, 2.45) is 0 Å². The maximum atomic E-state index is 6.24. The van der Waals surface area contributed by atoms with Crippen LogP contribution >= 0.6 is 46.7 Å². The minimum atomic E-state index is 0.761. The molecule has 0 atom stereocenters. The van der Waals surface area contributed by atoms with Crippen LogP contribution in [0.5, 0.6) is 0 Å². The van der Waals surface area contributed by atoms with Crippen LogP contribution in [0, 0.1) is 0 Å². The topological polar surface area (TPSA) is 0 Å². The van der Waals surface area contributed by atoms with Crippen LogP contribution in [0.3, 0.4) is 0 Å². The minimum Gasteiger partial charge on any atom is -0.120 e. The molecule has 116 valence electrons. The summed E-state index contributed by atoms with van der Waals surface area (Å²) >= 11 is 15.7. The molecule has 3 aromatic carbocycles. The average Bonchev–Trinajstić information content (AvgIpc) is 2.57. The zero-order valence-corrected chi connectivity index (χ0v) is 15.4. The number of halogens is 2. The summed E-state index contributed by atoms with van der Waals surface area (Å²) < 4.78 is 0. The Morgan fingerprint density at radius 2 is 1.35 bits per heavy atom. The van der Waals surface area contributed by atoms with Crippen molar-refractivity contribution in [2.45, 2.75) is 20.4 Å². The molecule has 23 heavy (non-hydrogen) atoms. The largest absolute Gasteiger partial charge is 0.120 e. The SMILES string of the molecule is Clc1ccc(Sc2ccccc2CSc2ccccc2Cl)cc1. The Hall–Kier alpha value is -1.06. The van der Waals surface area contributed by atoms with Crippen LogP contribution in [0.15, 0.2) is 87.5 Å². The summed E-state index contributed by atoms with van der Waals surface area (Å²) in [4.78, 5) is 3.56. The number of benzene rings is 3. The first-order valence-corrected chi connectivity index (χ1v) is 9.67. The highest BCUT2D eigenvalue weighted by atomic mass is 35.5. The third kappa shape index (κ3) is 4.71. The van der Waals surface area contributed by atoms with E-state index in [0.29, 0.717) is 0 Å². The van der Waals surface area contributed by atoms with Crippen LogP contribution in [-0.2, 0) is 5.75 Å². The van der Waals surface area contributed by atoms with E-state index in [9.17, 15) is 0 Å². The quantitative estimate of drug-likeness (QED) is 0.424. The number of thioether (sulfide) groups is 1. The summed E-state index contributed by atoms with van der Waals surface area (Å²) in [5.41, 5.74) is 1.30. The van der Waals surface area contributed by atoms with E-state index < -0.39 is 0 Å². The van der Waals surface area contributed by atoms with Crippen molar-refractivity contribution in [3.63, 3.8) is 0 Å². The predicted molar refractivity (Wildman–Crippen MR) is 103 cm³/mol. The Morgan fingerprint density at radius 3 is 2.09 bits per heavy atom. The molecule has 3 aromatic rings. The maximum absolute atomic E-state index is 6.24. The fourth-order valence-corrected chi connectivity index (χ4v) is 4.47. The van der Waals surface area contributed by atoms with E-state index in [1.807, 2.05) is 42.5 Å². The van der Waals surface area contributed by atoms with Crippen LogP contribution in [0.1, 0.15) is 5.56 Å². The summed E-state index contributed by atoms with van der Waals surface area (Å²) in [5, 5.41) is 1.57. The van der Waals surface area contributed by atoms with Crippen molar-refractivity contribution in [2.75, 3.05) is 0 Å². The Bertz CT molecular complexity index is 785. The van der Waals surface area contributed by atoms with Gasteiger partial charge in [-0.1, -0.05) is 65.3 Å². The molecule has 0 nitrogen and oxygen atoms in total. The molecule has 0 spiro atoms. The molecule has 0 aliphatic rings. The van der Waals surface area contributed by atoms with Crippen LogP contribution < -0.4 is 0 Å². The molecule has 0 fully saturated rings. The number of rotatable bonds is 5. The molecule has 0 bridgehead atoms. The van der Waals surface area contributed by atoms with E-state index in [1.54, 1.807) is 23.5 Å². The normalized spacial score (nSPS) is 10.7. The van der Waals surface area contributed by atoms with Gasteiger partial charge in [0.1, 0.15) is 0 Å². The molecule has 0 N–H and O–H groups in total. The van der Waals surface area contributed by atoms with E-state index >= 15 is 0 Å². The zero-order valence-electron chi connectivity index (χ0n) is 12.2. The van der Waals surface area contributed by atoms with Gasteiger partial charge in [0, 0.05) is 25.5 Å². The van der Waals surface area contributed by atoms with Gasteiger partial charge in [-0.15, -0.1) is 11.8 Å². The Kier molecular flexibility index (Phi) is 5.96. The lowest BCUT2D eigenvalue weighted by Gasteiger charge is -2.10. The monoisotopic (exact) mass is 376 g/mol. The third-order valence-electron chi connectivity index (χ3n) is 3.23. The Labute approximate surface area is 155 Å². The zero-order chi connectivity index (χ0) is 16.1. The standard InChI is InChI=1S/C19H14Cl2S2/c20-15-9-11-16(12-10-15)23-18-7-3-1-5-14(18)13-22-19-8-4-2-6-17(19)21/h1-12H,13H2. The molecular formula is C19H14Cl2S2. The first-order valence-electron chi connectivity index (χ1n) is 7.11. The molecule has 0 aliphatic carbocycles. The van der Waals surface area contributed by atoms with E-state index in [2.05, 4.69) is 30.3 Å². The van der Waals surface area contributed by atoms with Crippen molar-refractivity contribution in [3.8, 4) is 0 Å². The second kappa shape index (κ2) is 8.16. The molecule has 0 aliphatic heterocycles. The van der Waals surface area contributed by atoms with Gasteiger partial charge in [0.05, 0.1) is 5.02 Å². The van der Waals surface area contributed by atoms with Gasteiger partial charge in [-0.2, -0.15) is 0 Å². The molecule has 0 radical (unpaired) electrons. The summed E-state index contributed by atoms with van der Waals surface area (Å²) in [6.07, 6.45) is 0. The highest BCUT2D eigenvalue weighted by Gasteiger charge is 2.06. The van der Waals surface area contributed by atoms with Gasteiger partial charge >= 0.3 is 0 Å². The smallest absolute Gasteiger partial charge is 0.0541 e. The molecule has 4 heteroatoms. The van der Waals surface area contributed by atoms with E-state index in [-0.39, 0.29) is 0 Å². The lowest BCUT2D eigenvalue weighted by atomic mass is 10.2. The molecule has 0 aromatic heterocycles. The van der Waals surface area contributed by atoms with Gasteiger partial charge in [0.25, 0.3) is 0 Å². The molecule has 0 heterocycles. The lowest BCUT2D eigenvalue weighted by molar-refractivity contribution is 1.26. The van der Waals surface area contributed by atoms with Gasteiger partial charge in [0.15, 0.2) is 0 Å². The van der Waals surface area contributed by atoms with Crippen LogP contribution in [0.25, 0.3) is 0 Å². The molecular weight excluding hydrogens is 363 g/mol. The van der Waals surface area contributed by atoms with E-state index in [4.69, 9.17) is 23.2 Å². The summed E-state index contributed by atoms with van der Waals surface area (Å²) in [5.74, 6) is 0.889. The van der Waals surface area contributed by atoms with Crippen LogP contribution in [0.4, 0.5) is 0 Å². The van der Waals surface area contributed by atoms with Gasteiger partial charge in [-0.3, -0.25) is 0 Å². The fourth-order valence-electron chi connectivity index (χ4n) is 2.07. The third-order valence-corrected chi connectivity index (χ3v) is 6.18. The Balaban J connectivity index is 1.75. The van der Waals surface area contributed by atoms with Crippen molar-refractivity contribution in [1.29, 1.82) is 0 Å². The minimum absolute atomic E-state index is 0.761. The fraction of sp³-hybridized carbons (Fsp3) is 0.0526. The molecule has 0 amide bonds. The van der Waals surface area contributed by atoms with E-state index in [1.165, 1.54) is 15.4 Å². The summed E-state index contributed by atoms with van der Waals surface area (Å²) in [6, 6.07) is 24.4. The van der Waals surface area contributed by atoms with Gasteiger partial charge in [-0.25, -0.2) is 0 Å². The van der Waals surface area contributed by atoms with E-state index in [0.717, 1.165) is 20.7 Å². The van der Waals surface area contributed by atoms with Crippen molar-refractivity contribution < 1.29 is 0 Å². The highest BCUT2D eigenvalue weighted by Crippen LogP contribution is 2.35. The van der Waals surface area contributed by atoms with Crippen LogP contribution in [0.2, 0.25) is 10.0 Å². The highest BCUT2D eigenvalue weighted by molar-refractivity contribution is 8.00. The molecule has 3 rings (SSSR count). The van der Waals surface area contributed by atoms with Crippen molar-refractivity contribution in [3.05, 3.63) is 88.4 Å². The summed E-state index contributed by atoms with van der Waals surface area (Å²) in [7, 11) is 0. The Morgan fingerprint density at radius 1 is 0.696 bits per heavy atom. The molecule has 0 saturated carbocycles. The van der Waals surface area contributed by atoms with Crippen LogP contribution in [-0.4, -0.2) is 0 Å². The lowest BCUT2D eigenvalue weighted by Crippen LogP contribution is -1.86. The first kappa shape index (κ1) is 16.8.